The molecule has 2 rings (SSSR count). The second-order valence-corrected chi connectivity index (χ2v) is 4.94. The van der Waals surface area contributed by atoms with E-state index >= 15 is 0 Å². The summed E-state index contributed by atoms with van der Waals surface area (Å²) in [4.78, 5) is 0. The van der Waals surface area contributed by atoms with Crippen LogP contribution in [0.2, 0.25) is 0 Å². The van der Waals surface area contributed by atoms with E-state index in [4.69, 9.17) is 5.73 Å². The van der Waals surface area contributed by atoms with Gasteiger partial charge in [0.25, 0.3) is 6.43 Å². The zero-order chi connectivity index (χ0) is 11.5. The molecule has 90 valence electrons. The van der Waals surface area contributed by atoms with Crippen LogP contribution in [0.5, 0.6) is 0 Å². The minimum absolute atomic E-state index is 0.211. The fourth-order valence-electron chi connectivity index (χ4n) is 2.21. The normalized spacial score (nSPS) is 26.2. The molecule has 0 aromatic carbocycles. The Kier molecular flexibility index (Phi) is 3.89. The van der Waals surface area contributed by atoms with Crippen molar-refractivity contribution in [3.8, 4) is 0 Å². The molecule has 3 N–H and O–H groups in total. The average molecular weight is 246 g/mol. The van der Waals surface area contributed by atoms with Gasteiger partial charge in [-0.1, -0.05) is 0 Å². The lowest BCUT2D eigenvalue weighted by molar-refractivity contribution is 0.150. The fraction of sp³-hybridized carbons (Fsp3) is 0.636. The number of halogens is 2. The van der Waals surface area contributed by atoms with Crippen molar-refractivity contribution in [3.05, 3.63) is 21.9 Å². The SMILES string of the molecule is NCC1CCC(c2cscc2C(F)F)CN1. The topological polar surface area (TPSA) is 38.0 Å². The van der Waals surface area contributed by atoms with Crippen LogP contribution in [0, 0.1) is 0 Å². The highest BCUT2D eigenvalue weighted by atomic mass is 32.1. The van der Waals surface area contributed by atoms with Crippen molar-refractivity contribution in [1.82, 2.24) is 5.32 Å². The number of hydrogen-bond donors (Lipinski definition) is 2. The van der Waals surface area contributed by atoms with Crippen LogP contribution >= 0.6 is 11.3 Å². The first-order chi connectivity index (χ1) is 7.72. The molecule has 1 aromatic rings. The summed E-state index contributed by atoms with van der Waals surface area (Å²) in [5.74, 6) is 0.220. The van der Waals surface area contributed by atoms with Gasteiger partial charge in [0.15, 0.2) is 0 Å². The Morgan fingerprint density at radius 2 is 2.25 bits per heavy atom. The van der Waals surface area contributed by atoms with Gasteiger partial charge >= 0.3 is 0 Å². The van der Waals surface area contributed by atoms with E-state index < -0.39 is 6.43 Å². The maximum Gasteiger partial charge on any atom is 0.264 e. The summed E-state index contributed by atoms with van der Waals surface area (Å²) in [7, 11) is 0. The lowest BCUT2D eigenvalue weighted by atomic mass is 9.88. The molecule has 16 heavy (non-hydrogen) atoms. The van der Waals surface area contributed by atoms with Crippen LogP contribution in [0.15, 0.2) is 10.8 Å². The van der Waals surface area contributed by atoms with E-state index in [2.05, 4.69) is 5.32 Å². The summed E-state index contributed by atoms with van der Waals surface area (Å²) in [6, 6.07) is 0.352. The third kappa shape index (κ3) is 2.42. The molecule has 0 radical (unpaired) electrons. The molecule has 1 fully saturated rings. The highest BCUT2D eigenvalue weighted by molar-refractivity contribution is 7.08. The summed E-state index contributed by atoms with van der Waals surface area (Å²) >= 11 is 1.36. The average Bonchev–Trinajstić information content (AvgIpc) is 2.78. The number of alkyl halides is 2. The van der Waals surface area contributed by atoms with Crippen molar-refractivity contribution in [2.24, 2.45) is 5.73 Å². The van der Waals surface area contributed by atoms with Gasteiger partial charge in [0.1, 0.15) is 0 Å². The maximum absolute atomic E-state index is 12.7. The molecule has 2 atom stereocenters. The zero-order valence-electron chi connectivity index (χ0n) is 8.96. The van der Waals surface area contributed by atoms with Crippen molar-refractivity contribution in [2.75, 3.05) is 13.1 Å². The van der Waals surface area contributed by atoms with E-state index in [1.165, 1.54) is 11.3 Å². The highest BCUT2D eigenvalue weighted by Crippen LogP contribution is 2.35. The van der Waals surface area contributed by atoms with Gasteiger partial charge in [-0.05, 0) is 35.1 Å². The summed E-state index contributed by atoms with van der Waals surface area (Å²) in [6.45, 7) is 1.39. The Labute approximate surface area is 97.8 Å². The van der Waals surface area contributed by atoms with Gasteiger partial charge in [-0.25, -0.2) is 8.78 Å². The van der Waals surface area contributed by atoms with Crippen LogP contribution in [0.25, 0.3) is 0 Å². The Balaban J connectivity index is 2.05. The van der Waals surface area contributed by atoms with Gasteiger partial charge < -0.3 is 11.1 Å². The molecule has 1 aromatic heterocycles. The monoisotopic (exact) mass is 246 g/mol. The van der Waals surface area contributed by atoms with E-state index in [-0.39, 0.29) is 11.5 Å². The zero-order valence-corrected chi connectivity index (χ0v) is 9.77. The number of thiophene rings is 1. The molecule has 1 aliphatic heterocycles. The smallest absolute Gasteiger partial charge is 0.264 e. The van der Waals surface area contributed by atoms with Crippen LogP contribution in [0.4, 0.5) is 8.78 Å². The first-order valence-corrected chi connectivity index (χ1v) is 6.44. The predicted octanol–water partition coefficient (Wildman–Crippen LogP) is 2.48. The molecule has 5 heteroatoms. The van der Waals surface area contributed by atoms with E-state index in [0.29, 0.717) is 12.6 Å². The number of piperidine rings is 1. The lowest BCUT2D eigenvalue weighted by Crippen LogP contribution is -2.42. The van der Waals surface area contributed by atoms with Crippen LogP contribution in [-0.4, -0.2) is 19.1 Å². The van der Waals surface area contributed by atoms with Crippen molar-refractivity contribution < 1.29 is 8.78 Å². The second kappa shape index (κ2) is 5.21. The molecular formula is C11H16F2N2S. The van der Waals surface area contributed by atoms with E-state index in [1.807, 2.05) is 5.38 Å². The third-order valence-electron chi connectivity index (χ3n) is 3.20. The quantitative estimate of drug-likeness (QED) is 0.860. The molecule has 0 amide bonds. The molecule has 2 unspecified atom stereocenters. The van der Waals surface area contributed by atoms with E-state index in [1.54, 1.807) is 5.38 Å². The summed E-state index contributed by atoms with van der Waals surface area (Å²) in [6.07, 6.45) is -0.432. The summed E-state index contributed by atoms with van der Waals surface area (Å²) < 4.78 is 25.4. The Hall–Kier alpha value is -0.520. The van der Waals surface area contributed by atoms with Crippen LogP contribution < -0.4 is 11.1 Å². The number of rotatable bonds is 3. The van der Waals surface area contributed by atoms with Gasteiger partial charge in [-0.3, -0.25) is 0 Å². The van der Waals surface area contributed by atoms with E-state index in [0.717, 1.165) is 24.9 Å². The molecule has 0 bridgehead atoms. The largest absolute Gasteiger partial charge is 0.329 e. The summed E-state index contributed by atoms with van der Waals surface area (Å²) in [5, 5.41) is 6.73. The number of nitrogens with one attached hydrogen (secondary N) is 1. The minimum atomic E-state index is -2.35. The molecule has 2 heterocycles. The Bertz CT molecular complexity index is 332. The molecule has 1 aliphatic rings. The van der Waals surface area contributed by atoms with Crippen molar-refractivity contribution in [1.29, 1.82) is 0 Å². The van der Waals surface area contributed by atoms with Gasteiger partial charge in [0.2, 0.25) is 0 Å². The van der Waals surface area contributed by atoms with Crippen LogP contribution in [0.3, 0.4) is 0 Å². The minimum Gasteiger partial charge on any atom is -0.329 e. The first kappa shape index (κ1) is 12.0. The predicted molar refractivity (Wildman–Crippen MR) is 62.1 cm³/mol. The Morgan fingerprint density at radius 1 is 1.44 bits per heavy atom. The molecule has 0 aliphatic carbocycles. The molecular weight excluding hydrogens is 230 g/mol. The third-order valence-corrected chi connectivity index (χ3v) is 3.98. The first-order valence-electron chi connectivity index (χ1n) is 5.50. The van der Waals surface area contributed by atoms with Crippen molar-refractivity contribution in [2.45, 2.75) is 31.2 Å². The fourth-order valence-corrected chi connectivity index (χ4v) is 3.14. The molecule has 0 spiro atoms. The van der Waals surface area contributed by atoms with Crippen molar-refractivity contribution in [3.63, 3.8) is 0 Å². The molecule has 2 nitrogen and oxygen atoms in total. The highest BCUT2D eigenvalue weighted by Gasteiger charge is 2.25. The summed E-state index contributed by atoms with van der Waals surface area (Å²) in [5.41, 5.74) is 6.60. The second-order valence-electron chi connectivity index (χ2n) is 4.20. The van der Waals surface area contributed by atoms with Gasteiger partial charge in [0.05, 0.1) is 0 Å². The molecule has 0 saturated carbocycles. The lowest BCUT2D eigenvalue weighted by Gasteiger charge is -2.29. The van der Waals surface area contributed by atoms with Gasteiger partial charge in [-0.2, -0.15) is 11.3 Å². The standard InChI is InChI=1S/C11H16F2N2S/c12-11(13)10-6-16-5-9(10)7-1-2-8(3-14)15-4-7/h5-8,11,15H,1-4,14H2. The van der Waals surface area contributed by atoms with Crippen LogP contribution in [0.1, 0.15) is 36.3 Å². The number of nitrogens with two attached hydrogens (primary N) is 1. The Morgan fingerprint density at radius 3 is 2.81 bits per heavy atom. The maximum atomic E-state index is 12.7. The molecule has 1 saturated heterocycles. The number of hydrogen-bond acceptors (Lipinski definition) is 3. The van der Waals surface area contributed by atoms with Gasteiger partial charge in [-0.15, -0.1) is 0 Å². The van der Waals surface area contributed by atoms with Crippen LogP contribution in [-0.2, 0) is 0 Å². The van der Waals surface area contributed by atoms with E-state index in [9.17, 15) is 8.78 Å². The van der Waals surface area contributed by atoms with Crippen molar-refractivity contribution >= 4 is 11.3 Å². The van der Waals surface area contributed by atoms with Gasteiger partial charge in [0, 0.05) is 24.7 Å².